The van der Waals surface area contributed by atoms with Gasteiger partial charge in [0.15, 0.2) is 0 Å². The Hall–Kier alpha value is -1.51. The smallest absolute Gasteiger partial charge is 0.230 e. The van der Waals surface area contributed by atoms with Gasteiger partial charge >= 0.3 is 0 Å². The van der Waals surface area contributed by atoms with Gasteiger partial charge in [-0.25, -0.2) is 0 Å². The Morgan fingerprint density at radius 1 is 1.42 bits per heavy atom. The fraction of sp³-hybridized carbons (Fsp3) is 0.562. The van der Waals surface area contributed by atoms with Crippen molar-refractivity contribution in [1.82, 2.24) is 0 Å². The number of hydrogen-bond donors (Lipinski definition) is 2. The molecule has 3 nitrogen and oxygen atoms in total. The highest BCUT2D eigenvalue weighted by Crippen LogP contribution is 2.50. The molecule has 1 fully saturated rings. The minimum Gasteiger partial charge on any atom is -0.385 e. The van der Waals surface area contributed by atoms with Gasteiger partial charge in [-0.1, -0.05) is 13.3 Å². The van der Waals surface area contributed by atoms with Crippen molar-refractivity contribution in [1.29, 1.82) is 0 Å². The van der Waals surface area contributed by atoms with Crippen molar-refractivity contribution in [2.24, 2.45) is 5.41 Å². The van der Waals surface area contributed by atoms with Crippen molar-refractivity contribution in [3.63, 3.8) is 0 Å². The summed E-state index contributed by atoms with van der Waals surface area (Å²) < 4.78 is 0. The molecule has 0 unspecified atom stereocenters. The molecule has 1 aromatic carbocycles. The van der Waals surface area contributed by atoms with Gasteiger partial charge in [0, 0.05) is 23.3 Å². The molecule has 1 heterocycles. The largest absolute Gasteiger partial charge is 0.385 e. The Morgan fingerprint density at radius 2 is 2.26 bits per heavy atom. The maximum atomic E-state index is 12.3. The highest BCUT2D eigenvalue weighted by molar-refractivity contribution is 5.97. The number of hydrogen-bond acceptors (Lipinski definition) is 2. The maximum absolute atomic E-state index is 12.3. The molecule has 102 valence electrons. The van der Waals surface area contributed by atoms with Crippen LogP contribution in [0.3, 0.4) is 0 Å². The number of fused-ring (bicyclic) bond motifs is 1. The van der Waals surface area contributed by atoms with Crippen molar-refractivity contribution in [2.45, 2.75) is 45.4 Å². The van der Waals surface area contributed by atoms with Gasteiger partial charge in [0.25, 0.3) is 0 Å². The van der Waals surface area contributed by atoms with Gasteiger partial charge in [-0.2, -0.15) is 0 Å². The van der Waals surface area contributed by atoms with E-state index in [0.717, 1.165) is 44.3 Å². The number of aryl methyl sites for hydroxylation is 1. The van der Waals surface area contributed by atoms with Gasteiger partial charge in [0.05, 0.1) is 0 Å². The van der Waals surface area contributed by atoms with Gasteiger partial charge in [-0.3, -0.25) is 4.79 Å². The highest BCUT2D eigenvalue weighted by Gasteiger charge is 2.48. The van der Waals surface area contributed by atoms with E-state index >= 15 is 0 Å². The molecular formula is C16H22N2O. The first kappa shape index (κ1) is 12.5. The van der Waals surface area contributed by atoms with E-state index in [0.29, 0.717) is 0 Å². The molecule has 1 aliphatic heterocycles. The van der Waals surface area contributed by atoms with Crippen LogP contribution < -0.4 is 10.6 Å². The lowest BCUT2D eigenvalue weighted by Crippen LogP contribution is -2.24. The van der Waals surface area contributed by atoms with Crippen LogP contribution in [0.5, 0.6) is 0 Å². The predicted octanol–water partition coefficient (Wildman–Crippen LogP) is 3.56. The van der Waals surface area contributed by atoms with Crippen LogP contribution in [-0.4, -0.2) is 12.5 Å². The lowest BCUT2D eigenvalue weighted by atomic mass is 9.99. The van der Waals surface area contributed by atoms with E-state index in [9.17, 15) is 4.79 Å². The normalized spacial score (nSPS) is 19.2. The van der Waals surface area contributed by atoms with E-state index in [4.69, 9.17) is 0 Å². The van der Waals surface area contributed by atoms with Crippen molar-refractivity contribution in [3.05, 3.63) is 23.8 Å². The Labute approximate surface area is 114 Å². The first-order valence-corrected chi connectivity index (χ1v) is 7.42. The lowest BCUT2D eigenvalue weighted by Gasteiger charge is -2.20. The topological polar surface area (TPSA) is 41.1 Å². The second-order valence-corrected chi connectivity index (χ2v) is 5.89. The number of rotatable bonds is 4. The van der Waals surface area contributed by atoms with Crippen LogP contribution in [0.15, 0.2) is 18.2 Å². The number of anilines is 2. The van der Waals surface area contributed by atoms with Gasteiger partial charge in [-0.15, -0.1) is 0 Å². The summed E-state index contributed by atoms with van der Waals surface area (Å²) in [5.41, 5.74) is 3.45. The average molecular weight is 258 g/mol. The molecule has 0 spiro atoms. The third-order valence-electron chi connectivity index (χ3n) is 4.37. The molecule has 19 heavy (non-hydrogen) atoms. The Kier molecular flexibility index (Phi) is 3.21. The van der Waals surface area contributed by atoms with Gasteiger partial charge < -0.3 is 10.6 Å². The minimum atomic E-state index is -0.0527. The highest BCUT2D eigenvalue weighted by atomic mass is 16.2. The zero-order valence-electron chi connectivity index (χ0n) is 11.6. The zero-order valence-corrected chi connectivity index (χ0v) is 11.6. The summed E-state index contributed by atoms with van der Waals surface area (Å²) in [6.07, 6.45) is 6.49. The van der Waals surface area contributed by atoms with Crippen molar-refractivity contribution in [2.75, 3.05) is 17.2 Å². The van der Waals surface area contributed by atoms with E-state index < -0.39 is 0 Å². The van der Waals surface area contributed by atoms with Gasteiger partial charge in [0.2, 0.25) is 5.91 Å². The Balaban J connectivity index is 1.71. The second-order valence-electron chi connectivity index (χ2n) is 5.89. The first-order valence-electron chi connectivity index (χ1n) is 7.42. The lowest BCUT2D eigenvalue weighted by molar-refractivity contribution is -0.121. The molecule has 1 aromatic rings. The summed E-state index contributed by atoms with van der Waals surface area (Å²) in [4.78, 5) is 12.3. The zero-order chi connectivity index (χ0) is 13.3. The summed E-state index contributed by atoms with van der Waals surface area (Å²) >= 11 is 0. The van der Waals surface area contributed by atoms with Crippen LogP contribution in [0.2, 0.25) is 0 Å². The van der Waals surface area contributed by atoms with E-state index in [-0.39, 0.29) is 11.3 Å². The third-order valence-corrected chi connectivity index (χ3v) is 4.37. The van der Waals surface area contributed by atoms with Crippen LogP contribution in [0.25, 0.3) is 0 Å². The van der Waals surface area contributed by atoms with Crippen LogP contribution in [0.1, 0.15) is 44.6 Å². The third kappa shape index (κ3) is 2.46. The van der Waals surface area contributed by atoms with Crippen LogP contribution in [-0.2, 0) is 11.2 Å². The number of amides is 1. The summed E-state index contributed by atoms with van der Waals surface area (Å²) in [6.45, 7) is 3.20. The molecule has 0 atom stereocenters. The number of nitrogens with one attached hydrogen (secondary N) is 2. The molecule has 1 saturated carbocycles. The van der Waals surface area contributed by atoms with Crippen LogP contribution >= 0.6 is 0 Å². The molecule has 0 radical (unpaired) electrons. The summed E-state index contributed by atoms with van der Waals surface area (Å²) in [5, 5.41) is 6.51. The van der Waals surface area contributed by atoms with Crippen molar-refractivity contribution < 1.29 is 4.79 Å². The molecule has 3 heteroatoms. The Morgan fingerprint density at radius 3 is 3.00 bits per heavy atom. The average Bonchev–Trinajstić information content (AvgIpc) is 3.20. The monoisotopic (exact) mass is 258 g/mol. The van der Waals surface area contributed by atoms with E-state index in [2.05, 4.69) is 29.7 Å². The van der Waals surface area contributed by atoms with E-state index in [1.165, 1.54) is 17.7 Å². The SMILES string of the molecule is CCCC1(C(=O)Nc2ccc3c(c2)CCCN3)CC1. The number of carbonyl (C=O) groups excluding carboxylic acids is 1. The Bertz CT molecular complexity index is 492. The number of carbonyl (C=O) groups is 1. The van der Waals surface area contributed by atoms with Gasteiger partial charge in [0.1, 0.15) is 0 Å². The number of benzene rings is 1. The van der Waals surface area contributed by atoms with E-state index in [1.54, 1.807) is 0 Å². The molecular weight excluding hydrogens is 236 g/mol. The molecule has 1 amide bonds. The minimum absolute atomic E-state index is 0.0527. The molecule has 1 aliphatic carbocycles. The molecule has 0 saturated heterocycles. The van der Waals surface area contributed by atoms with E-state index in [1.807, 2.05) is 6.07 Å². The predicted molar refractivity (Wildman–Crippen MR) is 78.5 cm³/mol. The van der Waals surface area contributed by atoms with Crippen molar-refractivity contribution >= 4 is 17.3 Å². The standard InChI is InChI=1S/C16H22N2O/c1-2-7-16(8-9-16)15(19)18-13-5-6-14-12(11-13)4-3-10-17-14/h5-6,11,17H,2-4,7-10H2,1H3,(H,18,19). The molecule has 3 rings (SSSR count). The first-order chi connectivity index (χ1) is 9.23. The molecule has 2 aliphatic rings. The summed E-state index contributed by atoms with van der Waals surface area (Å²) in [7, 11) is 0. The second kappa shape index (κ2) is 4.87. The molecule has 0 aromatic heterocycles. The molecule has 0 bridgehead atoms. The fourth-order valence-corrected chi connectivity index (χ4v) is 3.04. The maximum Gasteiger partial charge on any atom is 0.230 e. The van der Waals surface area contributed by atoms with Crippen molar-refractivity contribution in [3.8, 4) is 0 Å². The van der Waals surface area contributed by atoms with Gasteiger partial charge in [-0.05, 0) is 55.9 Å². The summed E-state index contributed by atoms with van der Waals surface area (Å²) in [6, 6.07) is 6.22. The fourth-order valence-electron chi connectivity index (χ4n) is 3.04. The van der Waals surface area contributed by atoms with Crippen LogP contribution in [0.4, 0.5) is 11.4 Å². The quantitative estimate of drug-likeness (QED) is 0.867. The van der Waals surface area contributed by atoms with Crippen LogP contribution in [0, 0.1) is 5.41 Å². The summed E-state index contributed by atoms with van der Waals surface area (Å²) in [5.74, 6) is 0.220. The molecule has 2 N–H and O–H groups in total.